The predicted molar refractivity (Wildman–Crippen MR) is 400 cm³/mol. The minimum Gasteiger partial charge on any atom is -0.330 e. The van der Waals surface area contributed by atoms with Crippen molar-refractivity contribution in [2.75, 3.05) is 32.7 Å². The van der Waals surface area contributed by atoms with Crippen LogP contribution in [0.5, 0.6) is 0 Å². The molecule has 0 aliphatic heterocycles. The van der Waals surface area contributed by atoms with Crippen molar-refractivity contribution in [2.45, 2.75) is 419 Å². The van der Waals surface area contributed by atoms with Crippen LogP contribution < -0.4 is 16.4 Å². The fraction of sp³-hybridized carbons (Fsp3) is 0.855. The molecule has 8 heteroatoms. The lowest BCUT2D eigenvalue weighted by Crippen LogP contribution is -2.68. The van der Waals surface area contributed by atoms with Crippen LogP contribution in [0.15, 0.2) is 48.6 Å². The number of hydrogen-bond donors (Lipinski definition) is 3. The average Bonchev–Trinajstić information content (AvgIpc) is 0.787. The van der Waals surface area contributed by atoms with Gasteiger partial charge in [-0.2, -0.15) is 0 Å². The zero-order valence-electron chi connectivity index (χ0n) is 61.6. The van der Waals surface area contributed by atoms with Gasteiger partial charge < -0.3 is 16.4 Å². The Bertz CT molecular complexity index is 1600. The molecular weight excluding hydrogens is 1120 g/mol. The molecule has 0 radical (unpaired) electrons. The predicted octanol–water partition coefficient (Wildman–Crippen LogP) is 24.3. The molecule has 1 atom stereocenters. The molecule has 91 heavy (non-hydrogen) atoms. The fourth-order valence-corrected chi connectivity index (χ4v) is 13.0. The van der Waals surface area contributed by atoms with E-state index in [1.54, 1.807) is 0 Å². The maximum Gasteiger partial charge on any atom is 0.230 e. The number of rotatable bonds is 74. The maximum absolute atomic E-state index is 15.7. The zero-order chi connectivity index (χ0) is 66.3. The third kappa shape index (κ3) is 54.2. The van der Waals surface area contributed by atoms with Gasteiger partial charge in [0.1, 0.15) is 0 Å². The van der Waals surface area contributed by atoms with Gasteiger partial charge in [0.25, 0.3) is 0 Å². The van der Waals surface area contributed by atoms with Crippen molar-refractivity contribution in [3.8, 4) is 0 Å². The second kappa shape index (κ2) is 71.6. The lowest BCUT2D eigenvalue weighted by atomic mass is 9.72. The van der Waals surface area contributed by atoms with Crippen LogP contribution in [-0.4, -0.2) is 66.5 Å². The molecule has 0 saturated carbocycles. The number of nitrogens with one attached hydrogen (secondary N) is 2. The van der Waals surface area contributed by atoms with Crippen LogP contribution in [-0.2, 0) is 19.2 Å². The van der Waals surface area contributed by atoms with Crippen LogP contribution in [0, 0.1) is 5.92 Å². The third-order valence-electron chi connectivity index (χ3n) is 19.0. The number of imide groups is 1. The molecule has 8 nitrogen and oxygen atoms in total. The summed E-state index contributed by atoms with van der Waals surface area (Å²) in [6.45, 7) is 14.7. The number of nitrogens with two attached hydrogens (primary N) is 1. The Balaban J connectivity index is 6.62. The highest BCUT2D eigenvalue weighted by atomic mass is 16.2. The second-order valence-corrected chi connectivity index (χ2v) is 27.8. The second-order valence-electron chi connectivity index (χ2n) is 27.8. The number of hydrogen-bond acceptors (Lipinski definition) is 7. The van der Waals surface area contributed by atoms with E-state index < -0.39 is 11.5 Å². The van der Waals surface area contributed by atoms with Crippen molar-refractivity contribution in [3.05, 3.63) is 48.6 Å². The number of unbranched alkanes of at least 4 members (excludes halogenated alkanes) is 45. The van der Waals surface area contributed by atoms with Crippen molar-refractivity contribution in [1.82, 2.24) is 15.5 Å². The first-order valence-corrected chi connectivity index (χ1v) is 40.4. The van der Waals surface area contributed by atoms with Crippen molar-refractivity contribution >= 4 is 23.4 Å². The Morgan fingerprint density at radius 2 is 0.538 bits per heavy atom. The van der Waals surface area contributed by atoms with Gasteiger partial charge in [-0.15, -0.1) is 0 Å². The van der Waals surface area contributed by atoms with Crippen molar-refractivity contribution in [3.63, 3.8) is 0 Å². The van der Waals surface area contributed by atoms with Gasteiger partial charge in [0, 0.05) is 38.1 Å². The summed E-state index contributed by atoms with van der Waals surface area (Å²) in [4.78, 5) is 63.5. The topological polar surface area (TPSA) is 122 Å². The molecule has 0 rings (SSSR count). The van der Waals surface area contributed by atoms with Crippen molar-refractivity contribution in [2.24, 2.45) is 11.7 Å². The summed E-state index contributed by atoms with van der Waals surface area (Å²) in [6, 6.07) is 0. The minimum absolute atomic E-state index is 0.177. The molecule has 2 amide bonds. The zero-order valence-corrected chi connectivity index (χ0v) is 61.6. The van der Waals surface area contributed by atoms with Gasteiger partial charge >= 0.3 is 0 Å². The van der Waals surface area contributed by atoms with Gasteiger partial charge in [0.05, 0.1) is 0 Å². The summed E-state index contributed by atoms with van der Waals surface area (Å²) in [6.07, 6.45) is 82.6. The minimum atomic E-state index is -1.84. The number of carbonyl (C=O) groups excluding carboxylic acids is 4. The average molecular weight is 1270 g/mol. The summed E-state index contributed by atoms with van der Waals surface area (Å²) in [5.74, 6) is -1.63. The van der Waals surface area contributed by atoms with E-state index in [0.717, 1.165) is 167 Å². The van der Waals surface area contributed by atoms with E-state index in [9.17, 15) is 0 Å². The lowest BCUT2D eigenvalue weighted by molar-refractivity contribution is -0.167. The highest BCUT2D eigenvalue weighted by Crippen LogP contribution is 2.35. The molecule has 0 fully saturated rings. The molecule has 0 aromatic rings. The molecule has 1 unspecified atom stereocenters. The first kappa shape index (κ1) is 88.3. The number of carbonyl (C=O) groups is 4. The molecule has 0 aromatic heterocycles. The fourth-order valence-electron chi connectivity index (χ4n) is 13.0. The molecular formula is C83H156N4O4. The van der Waals surface area contributed by atoms with Crippen molar-refractivity contribution in [1.29, 1.82) is 0 Å². The molecule has 0 spiro atoms. The Hall–Kier alpha value is -2.68. The Kier molecular flexibility index (Phi) is 69.5. The van der Waals surface area contributed by atoms with Gasteiger partial charge in [-0.25, -0.2) is 0 Å². The van der Waals surface area contributed by atoms with Crippen LogP contribution in [0.25, 0.3) is 0 Å². The summed E-state index contributed by atoms with van der Waals surface area (Å²) in [5, 5.41) is 7.15. The highest BCUT2D eigenvalue weighted by Gasteiger charge is 2.56. The van der Waals surface area contributed by atoms with E-state index in [1.807, 2.05) is 6.92 Å². The Morgan fingerprint density at radius 3 is 0.813 bits per heavy atom. The van der Waals surface area contributed by atoms with E-state index in [4.69, 9.17) is 5.73 Å². The SMILES string of the molecule is CCCCCCCC/C=C\CCCCCCCC(=O)N(C(=O)CCCCCCC/C=C\CCCCCCCC)C(C(=O)CCCCCCC/C=C\CCCCCCCC)(C(=O)CCCCCCC/C=C\CCCCCCCC)C(C)CNCCCCNCCCN. The van der Waals surface area contributed by atoms with E-state index in [2.05, 4.69) is 86.9 Å². The first-order chi connectivity index (χ1) is 44.8. The van der Waals surface area contributed by atoms with E-state index in [1.165, 1.54) is 185 Å². The van der Waals surface area contributed by atoms with Crippen LogP contribution in [0.4, 0.5) is 0 Å². The number of nitrogens with zero attached hydrogens (tertiary/aromatic N) is 1. The van der Waals surface area contributed by atoms with E-state index in [0.29, 0.717) is 38.8 Å². The normalized spacial score (nSPS) is 12.5. The van der Waals surface area contributed by atoms with Crippen LogP contribution in [0.2, 0.25) is 0 Å². The van der Waals surface area contributed by atoms with Gasteiger partial charge in [0.2, 0.25) is 11.8 Å². The number of amides is 2. The number of ketones is 2. The molecule has 4 N–H and O–H groups in total. The first-order valence-electron chi connectivity index (χ1n) is 40.4. The van der Waals surface area contributed by atoms with Crippen LogP contribution in [0.3, 0.4) is 0 Å². The van der Waals surface area contributed by atoms with Gasteiger partial charge in [-0.05, 0) is 174 Å². The highest BCUT2D eigenvalue weighted by molar-refractivity contribution is 6.18. The largest absolute Gasteiger partial charge is 0.330 e. The third-order valence-corrected chi connectivity index (χ3v) is 19.0. The number of allylic oxidation sites excluding steroid dienone is 8. The number of Topliss-reactive ketones (excluding diaryl/α,β-unsaturated/α-hetero) is 2. The van der Waals surface area contributed by atoms with Gasteiger partial charge in [-0.3, -0.25) is 24.1 Å². The van der Waals surface area contributed by atoms with Gasteiger partial charge in [-0.1, -0.05) is 289 Å². The molecule has 0 saturated heterocycles. The molecule has 0 heterocycles. The smallest absolute Gasteiger partial charge is 0.230 e. The summed E-state index contributed by atoms with van der Waals surface area (Å²) >= 11 is 0. The summed E-state index contributed by atoms with van der Waals surface area (Å²) < 4.78 is 0. The maximum atomic E-state index is 15.7. The van der Waals surface area contributed by atoms with Crippen LogP contribution in [0.1, 0.15) is 413 Å². The van der Waals surface area contributed by atoms with E-state index >= 15 is 19.2 Å². The molecule has 0 bridgehead atoms. The van der Waals surface area contributed by atoms with Crippen molar-refractivity contribution < 1.29 is 19.2 Å². The summed E-state index contributed by atoms with van der Waals surface area (Å²) in [7, 11) is 0. The summed E-state index contributed by atoms with van der Waals surface area (Å²) in [5.41, 5.74) is 3.90. The molecule has 532 valence electrons. The Labute approximate surface area is 567 Å². The quantitative estimate of drug-likeness (QED) is 0.0315. The molecule has 0 aliphatic carbocycles. The molecule has 0 aliphatic rings. The molecule has 0 aromatic carbocycles. The van der Waals surface area contributed by atoms with Gasteiger partial charge in [0.15, 0.2) is 17.1 Å². The standard InChI is InChI=1S/C83H156N4O4/c1-6-10-14-18-22-26-30-34-38-42-46-50-54-58-62-69-79(88)83(78(5)77-86-75-67-66-74-85-76-68-73-84,80(89)70-63-59-55-51-47-43-39-35-31-27-23-19-15-11-7-2)87(81(90)71-64-60-56-52-48-44-40-36-32-28-24-20-16-12-8-3)82(91)72-65-61-57-53-49-45-41-37-33-29-25-21-17-13-9-4/h34-41,78,85-86H,6-33,42-77,84H2,1-5H3/b38-34-,39-35-,40-36-,41-37-. The monoisotopic (exact) mass is 1270 g/mol. The Morgan fingerprint density at radius 1 is 0.308 bits per heavy atom. The van der Waals surface area contributed by atoms with E-state index in [-0.39, 0.29) is 49.1 Å². The van der Waals surface area contributed by atoms with Crippen LogP contribution >= 0.6 is 0 Å². The lowest BCUT2D eigenvalue weighted by Gasteiger charge is -2.45.